The van der Waals surface area contributed by atoms with E-state index < -0.39 is 0 Å². The quantitative estimate of drug-likeness (QED) is 0.456. The molecule has 0 aliphatic carbocycles. The maximum atomic E-state index is 10.7. The van der Waals surface area contributed by atoms with Crippen molar-refractivity contribution < 1.29 is 9.53 Å². The Hall–Kier alpha value is 0.110. The average molecular weight is 167 g/mol. The molecule has 0 saturated carbocycles. The fourth-order valence-electron chi connectivity index (χ4n) is 0.705. The van der Waals surface area contributed by atoms with Crippen LogP contribution in [0.2, 0.25) is 0 Å². The van der Waals surface area contributed by atoms with Crippen LogP contribution < -0.4 is 0 Å². The lowest BCUT2D eigenvalue weighted by Gasteiger charge is -1.98. The Bertz CT molecular complexity index is 118. The first-order valence-electron chi connectivity index (χ1n) is 2.69. The van der Waals surface area contributed by atoms with Gasteiger partial charge in [0.15, 0.2) is 0 Å². The van der Waals surface area contributed by atoms with E-state index in [1.165, 1.54) is 11.8 Å². The number of halogens is 1. The van der Waals surface area contributed by atoms with Crippen molar-refractivity contribution in [1.29, 1.82) is 0 Å². The van der Waals surface area contributed by atoms with Crippen LogP contribution in [-0.4, -0.2) is 23.0 Å². The molecule has 1 unspecified atom stereocenters. The van der Waals surface area contributed by atoms with Crippen molar-refractivity contribution in [3.8, 4) is 0 Å². The SMILES string of the molecule is O=C1OCCC1SCCl. The van der Waals surface area contributed by atoms with Gasteiger partial charge in [-0.3, -0.25) is 4.79 Å². The molecule has 0 aromatic rings. The van der Waals surface area contributed by atoms with Crippen molar-refractivity contribution in [3.63, 3.8) is 0 Å². The summed E-state index contributed by atoms with van der Waals surface area (Å²) in [5.74, 6) is -0.111. The number of cyclic esters (lactones) is 1. The maximum absolute atomic E-state index is 10.7. The summed E-state index contributed by atoms with van der Waals surface area (Å²) in [6.07, 6.45) is 0.816. The second-order valence-electron chi connectivity index (χ2n) is 1.72. The summed E-state index contributed by atoms with van der Waals surface area (Å²) in [5, 5.41) is 0.474. The number of esters is 1. The molecule has 52 valence electrons. The number of ether oxygens (including phenoxy) is 1. The van der Waals surface area contributed by atoms with E-state index in [0.717, 1.165) is 6.42 Å². The van der Waals surface area contributed by atoms with Gasteiger partial charge >= 0.3 is 5.97 Å². The van der Waals surface area contributed by atoms with Gasteiger partial charge < -0.3 is 4.74 Å². The molecule has 1 heterocycles. The molecule has 0 amide bonds. The molecular weight excluding hydrogens is 160 g/mol. The van der Waals surface area contributed by atoms with Crippen molar-refractivity contribution >= 4 is 29.3 Å². The molecule has 0 radical (unpaired) electrons. The van der Waals surface area contributed by atoms with E-state index in [9.17, 15) is 4.79 Å². The van der Waals surface area contributed by atoms with Gasteiger partial charge in [-0.25, -0.2) is 0 Å². The summed E-state index contributed by atoms with van der Waals surface area (Å²) in [7, 11) is 0. The topological polar surface area (TPSA) is 26.3 Å². The van der Waals surface area contributed by atoms with Crippen molar-refractivity contribution in [2.45, 2.75) is 11.7 Å². The minimum atomic E-state index is -0.111. The standard InChI is InChI=1S/C5H7ClO2S/c6-3-9-4-1-2-8-5(4)7/h4H,1-3H2. The highest BCUT2D eigenvalue weighted by molar-refractivity contribution is 8.01. The molecule has 1 saturated heterocycles. The molecule has 1 aliphatic heterocycles. The first-order chi connectivity index (χ1) is 4.34. The fraction of sp³-hybridized carbons (Fsp3) is 0.800. The molecule has 1 rings (SSSR count). The number of alkyl halides is 1. The van der Waals surface area contributed by atoms with E-state index >= 15 is 0 Å². The maximum Gasteiger partial charge on any atom is 0.319 e. The molecule has 0 aromatic heterocycles. The van der Waals surface area contributed by atoms with Gasteiger partial charge in [-0.05, 0) is 0 Å². The molecule has 1 atom stereocenters. The van der Waals surface area contributed by atoms with Crippen LogP contribution in [0.15, 0.2) is 0 Å². The number of carbonyl (C=O) groups excluding carboxylic acids is 1. The van der Waals surface area contributed by atoms with Crippen LogP contribution in [0.25, 0.3) is 0 Å². The van der Waals surface area contributed by atoms with Gasteiger partial charge in [0.05, 0.1) is 11.8 Å². The van der Waals surface area contributed by atoms with Crippen LogP contribution in [0.1, 0.15) is 6.42 Å². The number of hydrogen-bond donors (Lipinski definition) is 0. The molecule has 0 aromatic carbocycles. The van der Waals surface area contributed by atoms with Crippen molar-refractivity contribution in [1.82, 2.24) is 0 Å². The summed E-state index contributed by atoms with van der Waals surface area (Å²) < 4.78 is 4.70. The largest absolute Gasteiger partial charge is 0.465 e. The van der Waals surface area contributed by atoms with Gasteiger partial charge in [-0.1, -0.05) is 0 Å². The Morgan fingerprint density at radius 2 is 2.67 bits per heavy atom. The zero-order valence-corrected chi connectivity index (χ0v) is 6.37. The minimum absolute atomic E-state index is 0.00231. The van der Waals surface area contributed by atoms with Gasteiger partial charge in [0, 0.05) is 6.42 Å². The van der Waals surface area contributed by atoms with E-state index in [1.54, 1.807) is 0 Å². The van der Waals surface area contributed by atoms with Gasteiger partial charge in [-0.15, -0.1) is 23.4 Å². The summed E-state index contributed by atoms with van der Waals surface area (Å²) in [4.78, 5) is 10.7. The first-order valence-corrected chi connectivity index (χ1v) is 4.27. The predicted octanol–water partition coefficient (Wildman–Crippen LogP) is 1.23. The van der Waals surface area contributed by atoms with E-state index in [1.807, 2.05) is 0 Å². The fourth-order valence-corrected chi connectivity index (χ4v) is 1.78. The second kappa shape index (κ2) is 3.32. The second-order valence-corrected chi connectivity index (χ2v) is 3.50. The summed E-state index contributed by atoms with van der Waals surface area (Å²) in [6.45, 7) is 0.563. The number of rotatable bonds is 2. The number of carbonyl (C=O) groups is 1. The molecular formula is C5H7ClO2S. The normalized spacial score (nSPS) is 26.3. The third-order valence-corrected chi connectivity index (χ3v) is 2.49. The lowest BCUT2D eigenvalue weighted by molar-refractivity contribution is -0.137. The van der Waals surface area contributed by atoms with Crippen molar-refractivity contribution in [3.05, 3.63) is 0 Å². The third kappa shape index (κ3) is 1.76. The smallest absolute Gasteiger partial charge is 0.319 e. The summed E-state index contributed by atoms with van der Waals surface area (Å²) in [6, 6.07) is 0. The van der Waals surface area contributed by atoms with Crippen LogP contribution in [0.4, 0.5) is 0 Å². The highest BCUT2D eigenvalue weighted by Gasteiger charge is 2.25. The minimum Gasteiger partial charge on any atom is -0.465 e. The molecule has 0 N–H and O–H groups in total. The summed E-state index contributed by atoms with van der Waals surface area (Å²) in [5.41, 5.74) is 0. The lowest BCUT2D eigenvalue weighted by atomic mass is 10.4. The average Bonchev–Trinajstić information content (AvgIpc) is 2.18. The zero-order chi connectivity index (χ0) is 6.69. The molecule has 4 heteroatoms. The molecule has 1 fully saturated rings. The first kappa shape index (κ1) is 7.22. The van der Waals surface area contributed by atoms with Crippen LogP contribution >= 0.6 is 23.4 Å². The predicted molar refractivity (Wildman–Crippen MR) is 37.7 cm³/mol. The van der Waals surface area contributed by atoms with Gasteiger partial charge in [0.2, 0.25) is 0 Å². The van der Waals surface area contributed by atoms with E-state index in [0.29, 0.717) is 11.8 Å². The van der Waals surface area contributed by atoms with Gasteiger partial charge in [-0.2, -0.15) is 0 Å². The van der Waals surface area contributed by atoms with Crippen LogP contribution in [-0.2, 0) is 9.53 Å². The van der Waals surface area contributed by atoms with E-state index in [-0.39, 0.29) is 11.2 Å². The molecule has 0 bridgehead atoms. The van der Waals surface area contributed by atoms with E-state index in [2.05, 4.69) is 0 Å². The van der Waals surface area contributed by atoms with Crippen LogP contribution in [0.5, 0.6) is 0 Å². The Balaban J connectivity index is 2.31. The van der Waals surface area contributed by atoms with Gasteiger partial charge in [0.25, 0.3) is 0 Å². The number of thioether (sulfide) groups is 1. The highest BCUT2D eigenvalue weighted by Crippen LogP contribution is 2.21. The highest BCUT2D eigenvalue weighted by atomic mass is 35.5. The van der Waals surface area contributed by atoms with E-state index in [4.69, 9.17) is 16.3 Å². The van der Waals surface area contributed by atoms with Crippen LogP contribution in [0.3, 0.4) is 0 Å². The Labute approximate surface area is 62.9 Å². The monoisotopic (exact) mass is 166 g/mol. The Morgan fingerprint density at radius 3 is 3.11 bits per heavy atom. The van der Waals surface area contributed by atoms with Gasteiger partial charge in [0.1, 0.15) is 5.25 Å². The molecule has 2 nitrogen and oxygen atoms in total. The summed E-state index contributed by atoms with van der Waals surface area (Å²) >= 11 is 6.84. The lowest BCUT2D eigenvalue weighted by Crippen LogP contribution is -2.08. The van der Waals surface area contributed by atoms with Crippen LogP contribution in [0, 0.1) is 0 Å². The third-order valence-electron chi connectivity index (χ3n) is 1.15. The Kier molecular flexibility index (Phi) is 2.66. The zero-order valence-electron chi connectivity index (χ0n) is 4.80. The molecule has 1 aliphatic rings. The number of hydrogen-bond acceptors (Lipinski definition) is 3. The van der Waals surface area contributed by atoms with Crippen molar-refractivity contribution in [2.75, 3.05) is 11.8 Å². The molecule has 9 heavy (non-hydrogen) atoms. The van der Waals surface area contributed by atoms with Crippen molar-refractivity contribution in [2.24, 2.45) is 0 Å². The molecule has 0 spiro atoms. The Morgan fingerprint density at radius 1 is 1.89 bits per heavy atom.